The normalized spacial score (nSPS) is 15.1. The van der Waals surface area contributed by atoms with Crippen LogP contribution in [-0.4, -0.2) is 52.1 Å². The Hall–Kier alpha value is -4.53. The third-order valence-corrected chi connectivity index (χ3v) is 6.79. The first kappa shape index (κ1) is 26.1. The molecule has 4 aromatic rings. The molecule has 1 aliphatic heterocycles. The van der Waals surface area contributed by atoms with Crippen molar-refractivity contribution in [1.82, 2.24) is 25.3 Å². The van der Waals surface area contributed by atoms with Gasteiger partial charge >= 0.3 is 0 Å². The van der Waals surface area contributed by atoms with Crippen LogP contribution < -0.4 is 20.5 Å². The summed E-state index contributed by atoms with van der Waals surface area (Å²) in [7, 11) is 0. The van der Waals surface area contributed by atoms with Gasteiger partial charge in [0.25, 0.3) is 5.56 Å². The van der Waals surface area contributed by atoms with Crippen molar-refractivity contribution in [2.75, 3.05) is 31.1 Å². The van der Waals surface area contributed by atoms with E-state index < -0.39 is 0 Å². The number of carbonyl (C=O) groups is 1. The molecule has 1 aliphatic rings. The highest BCUT2D eigenvalue weighted by molar-refractivity contribution is 5.79. The fraction of sp³-hybridized carbons (Fsp3) is 0.300. The van der Waals surface area contributed by atoms with Crippen LogP contribution in [0.15, 0.2) is 83.7 Å². The highest BCUT2D eigenvalue weighted by Gasteiger charge is 2.26. The van der Waals surface area contributed by atoms with Crippen LogP contribution in [-0.2, 0) is 11.3 Å². The van der Waals surface area contributed by atoms with Crippen molar-refractivity contribution in [2.45, 2.75) is 26.3 Å². The van der Waals surface area contributed by atoms with Gasteiger partial charge in [0.1, 0.15) is 5.75 Å². The lowest BCUT2D eigenvalue weighted by Crippen LogP contribution is -2.44. The number of anilines is 1. The molecule has 1 unspecified atom stereocenters. The number of hydrogen-bond acceptors (Lipinski definition) is 7. The number of carbonyl (C=O) groups excluding carboxylic acids is 1. The van der Waals surface area contributed by atoms with Gasteiger partial charge in [0.2, 0.25) is 5.91 Å². The Morgan fingerprint density at radius 2 is 1.72 bits per heavy atom. The second-order valence-corrected chi connectivity index (χ2v) is 9.46. The van der Waals surface area contributed by atoms with Crippen molar-refractivity contribution in [3.8, 4) is 28.3 Å². The highest BCUT2D eigenvalue weighted by Crippen LogP contribution is 2.24. The monoisotopic (exact) mass is 524 g/mol. The largest absolute Gasteiger partial charge is 0.494 e. The van der Waals surface area contributed by atoms with E-state index in [9.17, 15) is 9.59 Å². The smallest absolute Gasteiger partial charge is 0.266 e. The maximum Gasteiger partial charge on any atom is 0.266 e. The van der Waals surface area contributed by atoms with Crippen molar-refractivity contribution in [1.29, 1.82) is 0 Å². The van der Waals surface area contributed by atoms with Crippen molar-refractivity contribution >= 4 is 11.7 Å². The molecule has 1 amide bonds. The highest BCUT2D eigenvalue weighted by atomic mass is 16.5. The molecule has 1 atom stereocenters. The number of hydrogen-bond donors (Lipinski definition) is 1. The van der Waals surface area contributed by atoms with Crippen LogP contribution >= 0.6 is 0 Å². The predicted molar refractivity (Wildman–Crippen MR) is 151 cm³/mol. The third-order valence-electron chi connectivity index (χ3n) is 6.79. The van der Waals surface area contributed by atoms with Gasteiger partial charge < -0.3 is 15.0 Å². The second kappa shape index (κ2) is 12.3. The maximum atomic E-state index is 13.0. The number of ether oxygens (including phenoxy) is 1. The minimum Gasteiger partial charge on any atom is -0.494 e. The van der Waals surface area contributed by atoms with E-state index >= 15 is 0 Å². The minimum atomic E-state index is -0.208. The summed E-state index contributed by atoms with van der Waals surface area (Å²) in [6, 6.07) is 24.7. The van der Waals surface area contributed by atoms with Crippen LogP contribution in [0.4, 0.5) is 5.82 Å². The zero-order chi connectivity index (χ0) is 27.0. The Bertz CT molecular complexity index is 1440. The fourth-order valence-corrected chi connectivity index (χ4v) is 4.74. The number of nitrogens with zero attached hydrogens (tertiary/aromatic N) is 5. The molecule has 2 aromatic heterocycles. The Labute approximate surface area is 227 Å². The van der Waals surface area contributed by atoms with Gasteiger partial charge in [0.15, 0.2) is 5.82 Å². The van der Waals surface area contributed by atoms with E-state index in [0.29, 0.717) is 25.4 Å². The lowest BCUT2D eigenvalue weighted by atomic mass is 9.97. The van der Waals surface area contributed by atoms with Crippen LogP contribution in [0.3, 0.4) is 0 Å². The molecule has 1 N–H and O–H groups in total. The standard InChI is InChI=1S/C30H32N6O3/c1-2-39-25-12-10-23(11-13-25)27-15-17-29(37)36(34-27)20-18-31-30(38)24-9-6-19-35(21-24)28-16-14-26(32-33-28)22-7-4-3-5-8-22/h3-5,7-8,10-17,24H,2,6,9,18-21H2,1H3,(H,31,38). The molecular weight excluding hydrogens is 492 g/mol. The molecule has 0 spiro atoms. The first-order chi connectivity index (χ1) is 19.1. The summed E-state index contributed by atoms with van der Waals surface area (Å²) in [4.78, 5) is 27.5. The number of amides is 1. The van der Waals surface area contributed by atoms with Crippen molar-refractivity contribution in [3.63, 3.8) is 0 Å². The molecule has 0 saturated carbocycles. The summed E-state index contributed by atoms with van der Waals surface area (Å²) in [6.07, 6.45) is 1.70. The van der Waals surface area contributed by atoms with E-state index in [1.54, 1.807) is 6.07 Å². The fourth-order valence-electron chi connectivity index (χ4n) is 4.74. The molecule has 0 aliphatic carbocycles. The van der Waals surface area contributed by atoms with E-state index in [-0.39, 0.29) is 23.9 Å². The molecule has 0 radical (unpaired) electrons. The Balaban J connectivity index is 1.16. The van der Waals surface area contributed by atoms with Gasteiger partial charge in [0.05, 0.1) is 30.5 Å². The van der Waals surface area contributed by atoms with Crippen LogP contribution in [0.5, 0.6) is 5.75 Å². The molecule has 39 heavy (non-hydrogen) atoms. The zero-order valence-corrected chi connectivity index (χ0v) is 22.0. The minimum absolute atomic E-state index is 0.0238. The lowest BCUT2D eigenvalue weighted by molar-refractivity contribution is -0.125. The molecule has 9 nitrogen and oxygen atoms in total. The van der Waals surface area contributed by atoms with Gasteiger partial charge in [-0.15, -0.1) is 10.2 Å². The summed E-state index contributed by atoms with van der Waals surface area (Å²) < 4.78 is 6.88. The Kier molecular flexibility index (Phi) is 8.26. The molecule has 3 heterocycles. The van der Waals surface area contributed by atoms with Crippen LogP contribution in [0.1, 0.15) is 19.8 Å². The number of nitrogens with one attached hydrogen (secondary N) is 1. The van der Waals surface area contributed by atoms with Gasteiger partial charge in [-0.2, -0.15) is 5.10 Å². The molecule has 0 bridgehead atoms. The average molecular weight is 525 g/mol. The average Bonchev–Trinajstić information content (AvgIpc) is 2.99. The van der Waals surface area contributed by atoms with Gasteiger partial charge in [-0.1, -0.05) is 30.3 Å². The lowest BCUT2D eigenvalue weighted by Gasteiger charge is -2.32. The van der Waals surface area contributed by atoms with Crippen molar-refractivity contribution in [2.24, 2.45) is 5.92 Å². The van der Waals surface area contributed by atoms with E-state index in [1.807, 2.05) is 73.7 Å². The van der Waals surface area contributed by atoms with Crippen molar-refractivity contribution < 1.29 is 9.53 Å². The van der Waals surface area contributed by atoms with Gasteiger partial charge in [-0.3, -0.25) is 9.59 Å². The number of aromatic nitrogens is 4. The van der Waals surface area contributed by atoms with Gasteiger partial charge in [0, 0.05) is 36.8 Å². The van der Waals surface area contributed by atoms with Gasteiger partial charge in [-0.05, 0) is 62.2 Å². The summed E-state index contributed by atoms with van der Waals surface area (Å²) in [5.41, 5.74) is 3.21. The Morgan fingerprint density at radius 3 is 2.46 bits per heavy atom. The van der Waals surface area contributed by atoms with E-state index in [4.69, 9.17) is 4.74 Å². The predicted octanol–water partition coefficient (Wildman–Crippen LogP) is 3.80. The molecule has 200 valence electrons. The van der Waals surface area contributed by atoms with E-state index in [1.165, 1.54) is 10.7 Å². The number of piperidine rings is 1. The Morgan fingerprint density at radius 1 is 0.949 bits per heavy atom. The summed E-state index contributed by atoms with van der Waals surface area (Å²) in [5.74, 6) is 1.38. The van der Waals surface area contributed by atoms with Crippen LogP contribution in [0, 0.1) is 5.92 Å². The molecule has 9 heteroatoms. The molecular formula is C30H32N6O3. The summed E-state index contributed by atoms with van der Waals surface area (Å²) >= 11 is 0. The van der Waals surface area contributed by atoms with Crippen molar-refractivity contribution in [3.05, 3.63) is 89.2 Å². The topological polar surface area (TPSA) is 102 Å². The van der Waals surface area contributed by atoms with Crippen LogP contribution in [0.2, 0.25) is 0 Å². The molecule has 1 saturated heterocycles. The second-order valence-electron chi connectivity index (χ2n) is 9.46. The molecule has 5 rings (SSSR count). The van der Waals surface area contributed by atoms with E-state index in [0.717, 1.165) is 47.8 Å². The first-order valence-electron chi connectivity index (χ1n) is 13.3. The molecule has 2 aromatic carbocycles. The first-order valence-corrected chi connectivity index (χ1v) is 13.3. The van der Waals surface area contributed by atoms with Gasteiger partial charge in [-0.25, -0.2) is 4.68 Å². The molecule has 1 fully saturated rings. The quantitative estimate of drug-likeness (QED) is 0.355. The summed E-state index contributed by atoms with van der Waals surface area (Å²) in [5, 5.41) is 16.3. The third kappa shape index (κ3) is 6.49. The number of rotatable bonds is 9. The zero-order valence-electron chi connectivity index (χ0n) is 22.0. The SMILES string of the molecule is CCOc1ccc(-c2ccc(=O)n(CCNC(=O)C3CCCN(c4ccc(-c5ccccc5)nn4)C3)n2)cc1. The maximum absolute atomic E-state index is 13.0. The summed E-state index contributed by atoms with van der Waals surface area (Å²) in [6.45, 7) is 4.56. The number of benzene rings is 2. The van der Waals surface area contributed by atoms with E-state index in [2.05, 4.69) is 25.5 Å². The van der Waals surface area contributed by atoms with Crippen LogP contribution in [0.25, 0.3) is 22.5 Å².